The van der Waals surface area contributed by atoms with Gasteiger partial charge in [0.1, 0.15) is 24.2 Å². The maximum atomic E-state index is 14.6. The van der Waals surface area contributed by atoms with Gasteiger partial charge in [-0.2, -0.15) is 0 Å². The van der Waals surface area contributed by atoms with Crippen LogP contribution in [0.15, 0.2) is 103 Å². The maximum Gasteiger partial charge on any atom is 0.328 e. The van der Waals surface area contributed by atoms with E-state index in [4.69, 9.17) is 9.47 Å². The van der Waals surface area contributed by atoms with Gasteiger partial charge in [0.05, 0.1) is 19.3 Å². The second-order valence-electron chi connectivity index (χ2n) is 10.7. The van der Waals surface area contributed by atoms with E-state index in [0.717, 1.165) is 24.8 Å². The van der Waals surface area contributed by atoms with Crippen molar-refractivity contribution in [1.29, 1.82) is 0 Å². The second kappa shape index (κ2) is 14.5. The minimum absolute atomic E-state index is 0.0753. The Hall–Kier alpha value is -4.98. The molecule has 1 unspecified atom stereocenters. The Labute approximate surface area is 256 Å². The highest BCUT2D eigenvalue weighted by Crippen LogP contribution is 2.31. The SMILES string of the molecule is COC(=O)C(Cc1ccc(OCCN(C(=O)C2CCC2)c2ccccc2F)cc1)Nc1ccccc1C(=O)c1ccccc1. The Morgan fingerprint density at radius 3 is 2.25 bits per heavy atom. The van der Waals surface area contributed by atoms with Gasteiger partial charge in [0.2, 0.25) is 5.91 Å². The van der Waals surface area contributed by atoms with Gasteiger partial charge in [0.25, 0.3) is 0 Å². The van der Waals surface area contributed by atoms with Crippen LogP contribution >= 0.6 is 0 Å². The Morgan fingerprint density at radius 1 is 0.886 bits per heavy atom. The fraction of sp³-hybridized carbons (Fsp3) is 0.250. The summed E-state index contributed by atoms with van der Waals surface area (Å²) in [5.41, 5.74) is 2.65. The quantitative estimate of drug-likeness (QED) is 0.141. The number of benzene rings is 4. The average molecular weight is 595 g/mol. The summed E-state index contributed by atoms with van der Waals surface area (Å²) in [6.45, 7) is 0.401. The molecule has 5 rings (SSSR count). The lowest BCUT2D eigenvalue weighted by atomic mass is 9.84. The smallest absolute Gasteiger partial charge is 0.328 e. The Balaban J connectivity index is 1.23. The molecule has 1 N–H and O–H groups in total. The van der Waals surface area contributed by atoms with Crippen LogP contribution in [0, 0.1) is 11.7 Å². The van der Waals surface area contributed by atoms with Crippen LogP contribution in [0.5, 0.6) is 5.75 Å². The summed E-state index contributed by atoms with van der Waals surface area (Å²) in [5.74, 6) is -0.620. The van der Waals surface area contributed by atoms with Gasteiger partial charge in [-0.1, -0.05) is 73.2 Å². The summed E-state index contributed by atoms with van der Waals surface area (Å²) in [4.78, 5) is 40.5. The van der Waals surface area contributed by atoms with Crippen molar-refractivity contribution in [3.63, 3.8) is 0 Å². The molecule has 0 spiro atoms. The van der Waals surface area contributed by atoms with Gasteiger partial charge >= 0.3 is 5.97 Å². The van der Waals surface area contributed by atoms with Crippen molar-refractivity contribution < 1.29 is 28.2 Å². The third-order valence-electron chi connectivity index (χ3n) is 7.83. The van der Waals surface area contributed by atoms with E-state index in [1.54, 1.807) is 66.7 Å². The molecule has 1 amide bonds. The van der Waals surface area contributed by atoms with E-state index < -0.39 is 17.8 Å². The Morgan fingerprint density at radius 2 is 1.57 bits per heavy atom. The van der Waals surface area contributed by atoms with Crippen molar-refractivity contribution in [2.24, 2.45) is 5.92 Å². The number of anilines is 2. The summed E-state index contributed by atoms with van der Waals surface area (Å²) >= 11 is 0. The van der Waals surface area contributed by atoms with Crippen LogP contribution in [-0.4, -0.2) is 44.0 Å². The zero-order chi connectivity index (χ0) is 30.9. The molecule has 0 heterocycles. The third kappa shape index (κ3) is 7.32. The van der Waals surface area contributed by atoms with Crippen molar-refractivity contribution >= 4 is 29.0 Å². The summed E-state index contributed by atoms with van der Waals surface area (Å²) in [5, 5.41) is 3.21. The first-order valence-corrected chi connectivity index (χ1v) is 14.8. The molecule has 0 saturated heterocycles. The summed E-state index contributed by atoms with van der Waals surface area (Å²) in [6, 6.07) is 28.9. The van der Waals surface area contributed by atoms with E-state index in [1.165, 1.54) is 18.1 Å². The van der Waals surface area contributed by atoms with Gasteiger partial charge in [-0.15, -0.1) is 0 Å². The van der Waals surface area contributed by atoms with E-state index >= 15 is 0 Å². The molecule has 1 aliphatic carbocycles. The van der Waals surface area contributed by atoms with Crippen molar-refractivity contribution in [3.05, 3.63) is 126 Å². The normalized spacial score (nSPS) is 13.3. The van der Waals surface area contributed by atoms with Crippen LogP contribution in [0.25, 0.3) is 0 Å². The van der Waals surface area contributed by atoms with Gasteiger partial charge < -0.3 is 19.7 Å². The second-order valence-corrected chi connectivity index (χ2v) is 10.7. The molecule has 1 fully saturated rings. The number of ketones is 1. The fourth-order valence-corrected chi connectivity index (χ4v) is 5.18. The third-order valence-corrected chi connectivity index (χ3v) is 7.83. The highest BCUT2D eigenvalue weighted by Gasteiger charge is 2.31. The van der Waals surface area contributed by atoms with Gasteiger partial charge in [-0.3, -0.25) is 9.59 Å². The molecule has 0 bridgehead atoms. The molecular weight excluding hydrogens is 559 g/mol. The predicted octanol–water partition coefficient (Wildman–Crippen LogP) is 6.47. The number of carbonyl (C=O) groups excluding carboxylic acids is 3. The first-order valence-electron chi connectivity index (χ1n) is 14.8. The van der Waals surface area contributed by atoms with Crippen molar-refractivity contribution in [2.75, 3.05) is 30.5 Å². The van der Waals surface area contributed by atoms with Gasteiger partial charge in [0, 0.05) is 29.2 Å². The highest BCUT2D eigenvalue weighted by molar-refractivity contribution is 6.12. The molecule has 1 saturated carbocycles. The first kappa shape index (κ1) is 30.5. The first-order chi connectivity index (χ1) is 21.4. The molecule has 1 aliphatic rings. The van der Waals surface area contributed by atoms with E-state index in [2.05, 4.69) is 5.32 Å². The minimum Gasteiger partial charge on any atom is -0.492 e. The van der Waals surface area contributed by atoms with Crippen molar-refractivity contribution in [2.45, 2.75) is 31.7 Å². The molecule has 0 radical (unpaired) electrons. The summed E-state index contributed by atoms with van der Waals surface area (Å²) in [6.07, 6.45) is 2.96. The maximum absolute atomic E-state index is 14.6. The topological polar surface area (TPSA) is 84.9 Å². The molecule has 7 nitrogen and oxygen atoms in total. The number of amides is 1. The molecule has 4 aromatic rings. The van der Waals surface area contributed by atoms with Crippen LogP contribution in [0.3, 0.4) is 0 Å². The van der Waals surface area contributed by atoms with Gasteiger partial charge in [-0.05, 0) is 54.8 Å². The number of nitrogens with zero attached hydrogens (tertiary/aromatic N) is 1. The lowest BCUT2D eigenvalue weighted by Crippen LogP contribution is -2.41. The van der Waals surface area contributed by atoms with Crippen LogP contribution < -0.4 is 15.0 Å². The largest absolute Gasteiger partial charge is 0.492 e. The van der Waals surface area contributed by atoms with Crippen molar-refractivity contribution in [3.8, 4) is 5.75 Å². The monoisotopic (exact) mass is 594 g/mol. The molecular formula is C36H35FN2O5. The summed E-state index contributed by atoms with van der Waals surface area (Å²) < 4.78 is 25.5. The molecule has 0 aliphatic heterocycles. The number of carbonyl (C=O) groups is 3. The van der Waals surface area contributed by atoms with E-state index in [1.807, 2.05) is 30.3 Å². The Kier molecular flexibility index (Phi) is 10.0. The number of halogens is 1. The number of para-hydroxylation sites is 2. The zero-order valence-electron chi connectivity index (χ0n) is 24.6. The number of ether oxygens (including phenoxy) is 2. The molecule has 1 atom stereocenters. The number of hydrogen-bond donors (Lipinski definition) is 1. The van der Waals surface area contributed by atoms with Gasteiger partial charge in [0.15, 0.2) is 5.78 Å². The fourth-order valence-electron chi connectivity index (χ4n) is 5.18. The van der Waals surface area contributed by atoms with E-state index in [0.29, 0.717) is 29.0 Å². The van der Waals surface area contributed by atoms with Crippen LogP contribution in [0.1, 0.15) is 40.7 Å². The standard InChI is InChI=1S/C36H35FN2O5/c1-43-36(42)32(38-31-16-7-5-14-29(31)34(40)26-10-3-2-4-11-26)24-25-18-20-28(21-19-25)44-23-22-39(35(41)27-12-9-13-27)33-17-8-6-15-30(33)37/h2-8,10-11,14-21,27,32,38H,9,12-13,22-24H2,1H3. The van der Waals surface area contributed by atoms with E-state index in [9.17, 15) is 18.8 Å². The van der Waals surface area contributed by atoms with Crippen LogP contribution in [-0.2, 0) is 20.7 Å². The Bertz CT molecular complexity index is 1590. The molecule has 0 aromatic heterocycles. The molecule has 44 heavy (non-hydrogen) atoms. The average Bonchev–Trinajstić information content (AvgIpc) is 3.03. The highest BCUT2D eigenvalue weighted by atomic mass is 19.1. The van der Waals surface area contributed by atoms with Crippen LogP contribution in [0.4, 0.5) is 15.8 Å². The lowest BCUT2D eigenvalue weighted by Gasteiger charge is -2.31. The number of esters is 1. The zero-order valence-corrected chi connectivity index (χ0v) is 24.6. The number of methoxy groups -OCH3 is 1. The number of hydrogen-bond acceptors (Lipinski definition) is 6. The number of rotatable bonds is 13. The molecule has 4 aromatic carbocycles. The minimum atomic E-state index is -0.747. The molecule has 8 heteroatoms. The van der Waals surface area contributed by atoms with Crippen LogP contribution in [0.2, 0.25) is 0 Å². The lowest BCUT2D eigenvalue weighted by molar-refractivity contribution is -0.141. The van der Waals surface area contributed by atoms with E-state index in [-0.39, 0.29) is 36.4 Å². The van der Waals surface area contributed by atoms with Crippen molar-refractivity contribution in [1.82, 2.24) is 0 Å². The predicted molar refractivity (Wildman–Crippen MR) is 167 cm³/mol. The van der Waals surface area contributed by atoms with Gasteiger partial charge in [-0.25, -0.2) is 9.18 Å². The summed E-state index contributed by atoms with van der Waals surface area (Å²) in [7, 11) is 1.33. The number of nitrogens with one attached hydrogen (secondary N) is 1. The molecule has 226 valence electrons.